The van der Waals surface area contributed by atoms with E-state index in [0.29, 0.717) is 13.0 Å². The molecule has 0 fully saturated rings. The molecule has 0 aliphatic heterocycles. The van der Waals surface area contributed by atoms with Crippen molar-refractivity contribution in [1.82, 2.24) is 9.88 Å². The highest BCUT2D eigenvalue weighted by Crippen LogP contribution is 2.25. The van der Waals surface area contributed by atoms with Crippen molar-refractivity contribution < 1.29 is 9.53 Å². The third-order valence-electron chi connectivity index (χ3n) is 4.42. The number of nitrogens with zero attached hydrogens (tertiary/aromatic N) is 2. The number of benzene rings is 2. The van der Waals surface area contributed by atoms with Crippen molar-refractivity contribution in [3.63, 3.8) is 0 Å². The lowest BCUT2D eigenvalue weighted by atomic mass is 10.1. The van der Waals surface area contributed by atoms with Crippen molar-refractivity contribution in [2.24, 2.45) is 0 Å². The third kappa shape index (κ3) is 4.74. The van der Waals surface area contributed by atoms with E-state index in [4.69, 9.17) is 4.74 Å². The highest BCUT2D eigenvalue weighted by Gasteiger charge is 2.15. The van der Waals surface area contributed by atoms with E-state index in [-0.39, 0.29) is 5.91 Å². The van der Waals surface area contributed by atoms with E-state index in [1.807, 2.05) is 43.6 Å². The van der Waals surface area contributed by atoms with Gasteiger partial charge in [0.1, 0.15) is 10.8 Å². The number of hydrogen-bond donors (Lipinski definition) is 0. The van der Waals surface area contributed by atoms with Gasteiger partial charge in [-0.15, -0.1) is 11.3 Å². The Labute approximate surface area is 164 Å². The summed E-state index contributed by atoms with van der Waals surface area (Å²) >= 11 is 1.58. The maximum atomic E-state index is 12.7. The molecule has 0 aliphatic rings. The van der Waals surface area contributed by atoms with Gasteiger partial charge in [0.15, 0.2) is 0 Å². The van der Waals surface area contributed by atoms with E-state index in [1.165, 1.54) is 5.56 Å². The lowest BCUT2D eigenvalue weighted by Gasteiger charge is -2.19. The molecular formula is C22H24N2O2S. The molecular weight excluding hydrogens is 356 g/mol. The molecule has 1 aromatic heterocycles. The Hall–Kier alpha value is -2.66. The summed E-state index contributed by atoms with van der Waals surface area (Å²) in [7, 11) is 3.47. The Balaban J connectivity index is 1.68. The van der Waals surface area contributed by atoms with Gasteiger partial charge >= 0.3 is 0 Å². The normalized spacial score (nSPS) is 10.7. The topological polar surface area (TPSA) is 42.4 Å². The van der Waals surface area contributed by atoms with Gasteiger partial charge in [-0.2, -0.15) is 0 Å². The largest absolute Gasteiger partial charge is 0.496 e. The van der Waals surface area contributed by atoms with Gasteiger partial charge in [-0.3, -0.25) is 4.79 Å². The fourth-order valence-corrected chi connectivity index (χ4v) is 3.78. The van der Waals surface area contributed by atoms with Crippen LogP contribution in [0.15, 0.2) is 47.8 Å². The standard InChI is InChI=1S/C22H24N2O2S/c1-15-6-5-7-17(10-15)22-23-19(14-27-22)12-21(25)24(3)13-18-11-16(2)8-9-20(18)26-4/h5-11,14H,12-13H2,1-4H3. The molecule has 3 aromatic rings. The Morgan fingerprint density at radius 1 is 1.15 bits per heavy atom. The molecule has 0 spiro atoms. The van der Waals surface area contributed by atoms with Crippen LogP contribution in [0.1, 0.15) is 22.4 Å². The average Bonchev–Trinajstić information content (AvgIpc) is 3.10. The molecule has 3 rings (SSSR count). The molecule has 27 heavy (non-hydrogen) atoms. The number of aromatic nitrogens is 1. The predicted molar refractivity (Wildman–Crippen MR) is 110 cm³/mol. The van der Waals surface area contributed by atoms with E-state index in [0.717, 1.165) is 33.1 Å². The zero-order valence-electron chi connectivity index (χ0n) is 16.2. The SMILES string of the molecule is COc1ccc(C)cc1CN(C)C(=O)Cc1csc(-c2cccc(C)c2)n1. The number of hydrogen-bond acceptors (Lipinski definition) is 4. The Bertz CT molecular complexity index is 949. The minimum Gasteiger partial charge on any atom is -0.496 e. The first-order valence-electron chi connectivity index (χ1n) is 8.85. The summed E-state index contributed by atoms with van der Waals surface area (Å²) in [5, 5.41) is 2.92. The van der Waals surface area contributed by atoms with Gasteiger partial charge in [-0.05, 0) is 26.0 Å². The van der Waals surface area contributed by atoms with Gasteiger partial charge in [0, 0.05) is 30.1 Å². The summed E-state index contributed by atoms with van der Waals surface area (Å²) in [6.07, 6.45) is 0.299. The Kier molecular flexibility index (Phi) is 5.91. The summed E-state index contributed by atoms with van der Waals surface area (Å²) in [6, 6.07) is 14.3. The summed E-state index contributed by atoms with van der Waals surface area (Å²) in [5.74, 6) is 0.843. The van der Waals surface area contributed by atoms with Crippen LogP contribution in [-0.4, -0.2) is 29.9 Å². The van der Waals surface area contributed by atoms with Gasteiger partial charge in [-0.25, -0.2) is 4.98 Å². The van der Waals surface area contributed by atoms with Crippen molar-refractivity contribution in [2.75, 3.05) is 14.2 Å². The third-order valence-corrected chi connectivity index (χ3v) is 5.36. The average molecular weight is 381 g/mol. The van der Waals surface area contributed by atoms with E-state index < -0.39 is 0 Å². The van der Waals surface area contributed by atoms with Crippen LogP contribution in [0.5, 0.6) is 5.75 Å². The number of likely N-dealkylation sites (N-methyl/N-ethyl adjacent to an activating group) is 1. The number of rotatable bonds is 6. The van der Waals surface area contributed by atoms with Crippen LogP contribution in [0.25, 0.3) is 10.6 Å². The minimum atomic E-state index is 0.0413. The van der Waals surface area contributed by atoms with Crippen molar-refractivity contribution in [3.05, 3.63) is 70.2 Å². The molecule has 5 heteroatoms. The minimum absolute atomic E-state index is 0.0413. The van der Waals surface area contributed by atoms with E-state index >= 15 is 0 Å². The van der Waals surface area contributed by atoms with Gasteiger partial charge in [-0.1, -0.05) is 41.5 Å². The molecule has 0 aliphatic carbocycles. The predicted octanol–water partition coefficient (Wildman–Crippen LogP) is 4.64. The fraction of sp³-hybridized carbons (Fsp3) is 0.273. The number of amides is 1. The first-order chi connectivity index (χ1) is 13.0. The van der Waals surface area contributed by atoms with Crippen molar-refractivity contribution >= 4 is 17.2 Å². The number of ether oxygens (including phenoxy) is 1. The monoisotopic (exact) mass is 380 g/mol. The first-order valence-corrected chi connectivity index (χ1v) is 9.73. The second kappa shape index (κ2) is 8.35. The van der Waals surface area contributed by atoms with Crippen molar-refractivity contribution in [2.45, 2.75) is 26.8 Å². The molecule has 0 N–H and O–H groups in total. The summed E-state index contributed by atoms with van der Waals surface area (Å²) in [6.45, 7) is 4.61. The number of methoxy groups -OCH3 is 1. The number of carbonyl (C=O) groups excluding carboxylic acids is 1. The lowest BCUT2D eigenvalue weighted by Crippen LogP contribution is -2.28. The number of thiazole rings is 1. The van der Waals surface area contributed by atoms with Gasteiger partial charge in [0.2, 0.25) is 5.91 Å². The second-order valence-electron chi connectivity index (χ2n) is 6.76. The fourth-order valence-electron chi connectivity index (χ4n) is 2.96. The maximum absolute atomic E-state index is 12.7. The van der Waals surface area contributed by atoms with Crippen LogP contribution < -0.4 is 4.74 Å². The molecule has 1 heterocycles. The molecule has 0 atom stereocenters. The van der Waals surface area contributed by atoms with Crippen LogP contribution in [0.4, 0.5) is 0 Å². The summed E-state index contributed by atoms with van der Waals surface area (Å²) in [5.41, 5.74) is 5.26. The van der Waals surface area contributed by atoms with E-state index in [2.05, 4.69) is 30.1 Å². The lowest BCUT2D eigenvalue weighted by molar-refractivity contribution is -0.129. The Morgan fingerprint density at radius 3 is 2.67 bits per heavy atom. The first kappa shape index (κ1) is 19.1. The highest BCUT2D eigenvalue weighted by molar-refractivity contribution is 7.13. The van der Waals surface area contributed by atoms with Crippen LogP contribution in [0.3, 0.4) is 0 Å². The van der Waals surface area contributed by atoms with Crippen molar-refractivity contribution in [3.8, 4) is 16.3 Å². The molecule has 4 nitrogen and oxygen atoms in total. The molecule has 2 aromatic carbocycles. The van der Waals surface area contributed by atoms with Crippen LogP contribution in [0.2, 0.25) is 0 Å². The molecule has 1 amide bonds. The van der Waals surface area contributed by atoms with Crippen LogP contribution in [-0.2, 0) is 17.8 Å². The van der Waals surface area contributed by atoms with Crippen molar-refractivity contribution in [1.29, 1.82) is 0 Å². The number of carbonyl (C=O) groups is 1. The van der Waals surface area contributed by atoms with Crippen LogP contribution >= 0.6 is 11.3 Å². The molecule has 0 radical (unpaired) electrons. The zero-order valence-corrected chi connectivity index (χ0v) is 17.0. The molecule has 0 unspecified atom stereocenters. The van der Waals surface area contributed by atoms with E-state index in [1.54, 1.807) is 23.3 Å². The number of aryl methyl sites for hydroxylation is 2. The second-order valence-corrected chi connectivity index (χ2v) is 7.61. The smallest absolute Gasteiger partial charge is 0.228 e. The highest BCUT2D eigenvalue weighted by atomic mass is 32.1. The molecule has 140 valence electrons. The quantitative estimate of drug-likeness (QED) is 0.626. The molecule has 0 saturated heterocycles. The molecule has 0 saturated carbocycles. The molecule has 0 bridgehead atoms. The van der Waals surface area contributed by atoms with E-state index in [9.17, 15) is 4.79 Å². The zero-order chi connectivity index (χ0) is 19.4. The van der Waals surface area contributed by atoms with Crippen LogP contribution in [0, 0.1) is 13.8 Å². The summed E-state index contributed by atoms with van der Waals surface area (Å²) in [4.78, 5) is 19.0. The van der Waals surface area contributed by atoms with Gasteiger partial charge in [0.25, 0.3) is 0 Å². The summed E-state index contributed by atoms with van der Waals surface area (Å²) < 4.78 is 5.41. The Morgan fingerprint density at radius 2 is 1.93 bits per heavy atom. The van der Waals surface area contributed by atoms with Gasteiger partial charge < -0.3 is 9.64 Å². The van der Waals surface area contributed by atoms with Gasteiger partial charge in [0.05, 0.1) is 19.2 Å². The maximum Gasteiger partial charge on any atom is 0.228 e.